The van der Waals surface area contributed by atoms with Gasteiger partial charge in [-0.25, -0.2) is 4.99 Å². The van der Waals surface area contributed by atoms with Crippen LogP contribution in [0.3, 0.4) is 0 Å². The van der Waals surface area contributed by atoms with Gasteiger partial charge >= 0.3 is 0 Å². The second-order valence-electron chi connectivity index (χ2n) is 4.29. The quantitative estimate of drug-likeness (QED) is 0.481. The maximum absolute atomic E-state index is 4.12. The zero-order chi connectivity index (χ0) is 10.5. The Morgan fingerprint density at radius 2 is 1.92 bits per heavy atom. The fourth-order valence-electron chi connectivity index (χ4n) is 1.19. The molecule has 0 aliphatic heterocycles. The van der Waals surface area contributed by atoms with Crippen molar-refractivity contribution in [3.8, 4) is 0 Å². The minimum Gasteiger partial charge on any atom is -0.359 e. The number of rotatable bonds is 3. The van der Waals surface area contributed by atoms with E-state index in [1.165, 1.54) is 6.20 Å². The van der Waals surface area contributed by atoms with E-state index >= 15 is 0 Å². The lowest BCUT2D eigenvalue weighted by atomic mass is 9.96. The average molecular weight is 180 g/mol. The normalized spacial score (nSPS) is 12.5. The second-order valence-corrected chi connectivity index (χ2v) is 4.29. The SMILES string of the molecule is C=CN=C(C=C)N(C)CC(C)(C)C. The van der Waals surface area contributed by atoms with Crippen molar-refractivity contribution in [3.63, 3.8) is 0 Å². The van der Waals surface area contributed by atoms with Gasteiger partial charge in [0, 0.05) is 19.8 Å². The molecule has 0 fully saturated rings. The van der Waals surface area contributed by atoms with E-state index < -0.39 is 0 Å². The molecule has 0 aromatic carbocycles. The zero-order valence-corrected chi connectivity index (χ0v) is 9.17. The maximum Gasteiger partial charge on any atom is 0.127 e. The third-order valence-corrected chi connectivity index (χ3v) is 1.51. The second kappa shape index (κ2) is 4.85. The largest absolute Gasteiger partial charge is 0.359 e. The topological polar surface area (TPSA) is 15.6 Å². The Balaban J connectivity index is 4.39. The summed E-state index contributed by atoms with van der Waals surface area (Å²) >= 11 is 0. The van der Waals surface area contributed by atoms with E-state index in [2.05, 4.69) is 43.8 Å². The molecule has 0 spiro atoms. The van der Waals surface area contributed by atoms with Gasteiger partial charge in [-0.15, -0.1) is 0 Å². The Labute approximate surface area is 81.7 Å². The predicted octanol–water partition coefficient (Wildman–Crippen LogP) is 2.69. The fourth-order valence-corrected chi connectivity index (χ4v) is 1.19. The van der Waals surface area contributed by atoms with Crippen LogP contribution in [-0.2, 0) is 0 Å². The number of hydrogen-bond acceptors (Lipinski definition) is 1. The van der Waals surface area contributed by atoms with Gasteiger partial charge < -0.3 is 4.90 Å². The van der Waals surface area contributed by atoms with Gasteiger partial charge in [-0.3, -0.25) is 0 Å². The zero-order valence-electron chi connectivity index (χ0n) is 9.17. The molecule has 74 valence electrons. The van der Waals surface area contributed by atoms with Crippen LogP contribution in [-0.4, -0.2) is 24.3 Å². The van der Waals surface area contributed by atoms with Crippen molar-refractivity contribution >= 4 is 5.84 Å². The molecular weight excluding hydrogens is 160 g/mol. The number of nitrogens with zero attached hydrogens (tertiary/aromatic N) is 2. The highest BCUT2D eigenvalue weighted by Gasteiger charge is 2.14. The summed E-state index contributed by atoms with van der Waals surface area (Å²) in [6.07, 6.45) is 3.28. The van der Waals surface area contributed by atoms with Crippen LogP contribution in [0.25, 0.3) is 0 Å². The van der Waals surface area contributed by atoms with E-state index in [4.69, 9.17) is 0 Å². The Morgan fingerprint density at radius 1 is 1.38 bits per heavy atom. The van der Waals surface area contributed by atoms with Crippen molar-refractivity contribution in [2.45, 2.75) is 20.8 Å². The van der Waals surface area contributed by atoms with Gasteiger partial charge in [-0.2, -0.15) is 0 Å². The fraction of sp³-hybridized carbons (Fsp3) is 0.545. The van der Waals surface area contributed by atoms with Crippen molar-refractivity contribution in [2.75, 3.05) is 13.6 Å². The first-order valence-electron chi connectivity index (χ1n) is 4.43. The van der Waals surface area contributed by atoms with Crippen LogP contribution >= 0.6 is 0 Å². The van der Waals surface area contributed by atoms with Crippen LogP contribution in [0.15, 0.2) is 30.4 Å². The molecule has 13 heavy (non-hydrogen) atoms. The third kappa shape index (κ3) is 5.23. The number of likely N-dealkylation sites (N-methyl/N-ethyl adjacent to an activating group) is 1. The smallest absolute Gasteiger partial charge is 0.127 e. The molecule has 2 nitrogen and oxygen atoms in total. The Bertz CT molecular complexity index is 209. The van der Waals surface area contributed by atoms with Crippen LogP contribution in [0, 0.1) is 5.41 Å². The molecule has 0 aromatic rings. The summed E-state index contributed by atoms with van der Waals surface area (Å²) in [6, 6.07) is 0. The molecular formula is C11H20N2. The number of amidine groups is 1. The van der Waals surface area contributed by atoms with Gasteiger partial charge in [0.1, 0.15) is 5.84 Å². The molecule has 0 amide bonds. The van der Waals surface area contributed by atoms with Crippen molar-refractivity contribution in [1.29, 1.82) is 0 Å². The van der Waals surface area contributed by atoms with Crippen molar-refractivity contribution < 1.29 is 0 Å². The molecule has 0 radical (unpaired) electrons. The molecule has 0 bridgehead atoms. The first kappa shape index (κ1) is 11.9. The van der Waals surface area contributed by atoms with Crippen LogP contribution in [0.4, 0.5) is 0 Å². The van der Waals surface area contributed by atoms with Crippen LogP contribution < -0.4 is 0 Å². The van der Waals surface area contributed by atoms with E-state index in [9.17, 15) is 0 Å². The highest BCUT2D eigenvalue weighted by molar-refractivity contribution is 5.92. The molecule has 0 unspecified atom stereocenters. The summed E-state index contributed by atoms with van der Waals surface area (Å²) in [5.41, 5.74) is 0.264. The van der Waals surface area contributed by atoms with Gasteiger partial charge in [-0.1, -0.05) is 33.9 Å². The molecule has 0 N–H and O–H groups in total. The first-order valence-corrected chi connectivity index (χ1v) is 4.43. The van der Waals surface area contributed by atoms with Crippen molar-refractivity contribution in [2.24, 2.45) is 10.4 Å². The highest BCUT2D eigenvalue weighted by atomic mass is 15.2. The Hall–Kier alpha value is -1.05. The summed E-state index contributed by atoms with van der Waals surface area (Å²) in [7, 11) is 2.01. The van der Waals surface area contributed by atoms with E-state index in [-0.39, 0.29) is 5.41 Å². The minimum absolute atomic E-state index is 0.264. The Morgan fingerprint density at radius 3 is 2.23 bits per heavy atom. The molecule has 0 saturated heterocycles. The van der Waals surface area contributed by atoms with E-state index in [1.807, 2.05) is 7.05 Å². The summed E-state index contributed by atoms with van der Waals surface area (Å²) in [6.45, 7) is 14.8. The predicted molar refractivity (Wildman–Crippen MR) is 59.9 cm³/mol. The van der Waals surface area contributed by atoms with E-state index in [1.54, 1.807) is 6.08 Å². The van der Waals surface area contributed by atoms with Gasteiger partial charge in [0.15, 0.2) is 0 Å². The molecule has 2 heteroatoms. The van der Waals surface area contributed by atoms with E-state index in [0.717, 1.165) is 12.4 Å². The van der Waals surface area contributed by atoms with Crippen LogP contribution in [0.1, 0.15) is 20.8 Å². The molecule has 0 rings (SSSR count). The monoisotopic (exact) mass is 180 g/mol. The van der Waals surface area contributed by atoms with Gasteiger partial charge in [-0.05, 0) is 11.5 Å². The van der Waals surface area contributed by atoms with Gasteiger partial charge in [0.05, 0.1) is 0 Å². The summed E-state index contributed by atoms with van der Waals surface area (Å²) in [4.78, 5) is 6.19. The number of hydrogen-bond donors (Lipinski definition) is 0. The molecule has 0 aliphatic rings. The van der Waals surface area contributed by atoms with Gasteiger partial charge in [0.2, 0.25) is 0 Å². The molecule has 0 saturated carbocycles. The highest BCUT2D eigenvalue weighted by Crippen LogP contribution is 2.14. The maximum atomic E-state index is 4.12. The van der Waals surface area contributed by atoms with E-state index in [0.29, 0.717) is 0 Å². The van der Waals surface area contributed by atoms with Crippen LogP contribution in [0.5, 0.6) is 0 Å². The Kier molecular flexibility index (Phi) is 4.46. The molecule has 0 atom stereocenters. The lowest BCUT2D eigenvalue weighted by Crippen LogP contribution is -2.33. The lowest BCUT2D eigenvalue weighted by Gasteiger charge is -2.27. The average Bonchev–Trinajstić information content (AvgIpc) is 1.96. The first-order chi connectivity index (χ1) is 5.90. The molecule has 0 aliphatic carbocycles. The third-order valence-electron chi connectivity index (χ3n) is 1.51. The lowest BCUT2D eigenvalue weighted by molar-refractivity contribution is 0.307. The number of aliphatic imine (C=N–C) groups is 1. The molecule has 0 aromatic heterocycles. The summed E-state index contributed by atoms with van der Waals surface area (Å²) < 4.78 is 0. The summed E-state index contributed by atoms with van der Waals surface area (Å²) in [5, 5.41) is 0. The summed E-state index contributed by atoms with van der Waals surface area (Å²) in [5.74, 6) is 0.866. The molecule has 0 heterocycles. The van der Waals surface area contributed by atoms with Gasteiger partial charge in [0.25, 0.3) is 0 Å². The minimum atomic E-state index is 0.264. The van der Waals surface area contributed by atoms with Crippen molar-refractivity contribution in [3.05, 3.63) is 25.4 Å². The van der Waals surface area contributed by atoms with Crippen molar-refractivity contribution in [1.82, 2.24) is 4.90 Å². The standard InChI is InChI=1S/C11H20N2/c1-7-10(12-8-2)13(6)9-11(3,4)5/h7-8H,1-2,9H2,3-6H3. The van der Waals surface area contributed by atoms with Crippen LogP contribution in [0.2, 0.25) is 0 Å².